The van der Waals surface area contributed by atoms with Crippen LogP contribution >= 0.6 is 11.6 Å². The zero-order valence-electron chi connectivity index (χ0n) is 9.77. The number of aliphatic carboxylic acids is 1. The summed E-state index contributed by atoms with van der Waals surface area (Å²) < 4.78 is 0. The van der Waals surface area contributed by atoms with E-state index in [-0.39, 0.29) is 0 Å². The van der Waals surface area contributed by atoms with Gasteiger partial charge in [0.05, 0.1) is 12.0 Å². The molecule has 0 saturated carbocycles. The Kier molecular flexibility index (Phi) is 5.45. The van der Waals surface area contributed by atoms with Crippen LogP contribution in [0.3, 0.4) is 0 Å². The van der Waals surface area contributed by atoms with Crippen molar-refractivity contribution in [1.82, 2.24) is 0 Å². The van der Waals surface area contributed by atoms with E-state index in [9.17, 15) is 9.90 Å². The summed E-state index contributed by atoms with van der Waals surface area (Å²) >= 11 is 5.99. The summed E-state index contributed by atoms with van der Waals surface area (Å²) in [4.78, 5) is 11.1. The summed E-state index contributed by atoms with van der Waals surface area (Å²) in [7, 11) is 0. The van der Waals surface area contributed by atoms with Crippen molar-refractivity contribution in [3.63, 3.8) is 0 Å². The predicted molar refractivity (Wildman–Crippen MR) is 67.2 cm³/mol. The Morgan fingerprint density at radius 3 is 2.53 bits per heavy atom. The summed E-state index contributed by atoms with van der Waals surface area (Å²) in [6, 6.07) is 7.25. The second-order valence-corrected chi connectivity index (χ2v) is 4.66. The largest absolute Gasteiger partial charge is 0.481 e. The van der Waals surface area contributed by atoms with E-state index in [1.165, 1.54) is 0 Å². The molecule has 1 rings (SSSR count). The number of benzene rings is 1. The van der Waals surface area contributed by atoms with Crippen LogP contribution < -0.4 is 0 Å². The quantitative estimate of drug-likeness (QED) is 0.823. The number of carbonyl (C=O) groups is 1. The predicted octanol–water partition coefficient (Wildman–Crippen LogP) is 2.74. The number of carboxylic acid groups (broad SMARTS) is 1. The number of carboxylic acids is 1. The summed E-state index contributed by atoms with van der Waals surface area (Å²) in [6.07, 6.45) is 0.879. The molecular formula is C13H17ClO3. The Morgan fingerprint density at radius 2 is 2.00 bits per heavy atom. The third-order valence-electron chi connectivity index (χ3n) is 2.71. The minimum absolute atomic E-state index is 0.404. The molecule has 17 heavy (non-hydrogen) atoms. The third-order valence-corrected chi connectivity index (χ3v) is 3.08. The van der Waals surface area contributed by atoms with Gasteiger partial charge >= 0.3 is 5.97 Å². The molecule has 2 atom stereocenters. The number of hydrogen-bond donors (Lipinski definition) is 2. The van der Waals surface area contributed by atoms with Gasteiger partial charge in [-0.3, -0.25) is 4.79 Å². The van der Waals surface area contributed by atoms with Gasteiger partial charge < -0.3 is 10.2 Å². The fourth-order valence-corrected chi connectivity index (χ4v) is 1.90. The molecule has 0 aliphatic rings. The van der Waals surface area contributed by atoms with Crippen LogP contribution in [-0.4, -0.2) is 22.3 Å². The van der Waals surface area contributed by atoms with Crippen molar-refractivity contribution in [2.75, 3.05) is 0 Å². The van der Waals surface area contributed by atoms with Crippen molar-refractivity contribution in [3.8, 4) is 0 Å². The number of halogens is 1. The van der Waals surface area contributed by atoms with Crippen LogP contribution in [0, 0.1) is 5.92 Å². The van der Waals surface area contributed by atoms with Crippen LogP contribution in [0.1, 0.15) is 25.3 Å². The van der Waals surface area contributed by atoms with Crippen molar-refractivity contribution in [2.45, 2.75) is 32.3 Å². The van der Waals surface area contributed by atoms with E-state index in [0.29, 0.717) is 24.3 Å². The van der Waals surface area contributed by atoms with E-state index in [1.807, 2.05) is 18.2 Å². The van der Waals surface area contributed by atoms with E-state index in [0.717, 1.165) is 5.56 Å². The summed E-state index contributed by atoms with van der Waals surface area (Å²) in [5.74, 6) is -1.34. The van der Waals surface area contributed by atoms with E-state index in [4.69, 9.17) is 16.7 Å². The third kappa shape index (κ3) is 4.75. The van der Waals surface area contributed by atoms with Crippen LogP contribution in [0.2, 0.25) is 5.02 Å². The molecule has 2 N–H and O–H groups in total. The van der Waals surface area contributed by atoms with E-state index >= 15 is 0 Å². The molecule has 0 saturated heterocycles. The van der Waals surface area contributed by atoms with Crippen LogP contribution in [0.15, 0.2) is 24.3 Å². The van der Waals surface area contributed by atoms with Crippen molar-refractivity contribution >= 4 is 17.6 Å². The molecule has 0 amide bonds. The molecule has 1 aromatic carbocycles. The first-order valence-corrected chi connectivity index (χ1v) is 6.02. The average molecular weight is 257 g/mol. The van der Waals surface area contributed by atoms with Crippen molar-refractivity contribution < 1.29 is 15.0 Å². The fraction of sp³-hybridized carbons (Fsp3) is 0.462. The zero-order valence-corrected chi connectivity index (χ0v) is 10.5. The highest BCUT2D eigenvalue weighted by Crippen LogP contribution is 2.21. The normalized spacial score (nSPS) is 14.3. The maximum absolute atomic E-state index is 11.1. The number of aliphatic hydroxyl groups excluding tert-OH is 1. The minimum atomic E-state index is -0.842. The van der Waals surface area contributed by atoms with Gasteiger partial charge in [0.15, 0.2) is 0 Å². The van der Waals surface area contributed by atoms with Gasteiger partial charge in [-0.05, 0) is 37.8 Å². The highest BCUT2D eigenvalue weighted by Gasteiger charge is 2.19. The molecule has 0 fully saturated rings. The Hall–Kier alpha value is -1.06. The van der Waals surface area contributed by atoms with Gasteiger partial charge in [-0.25, -0.2) is 0 Å². The Labute approximate surface area is 106 Å². The first kappa shape index (κ1) is 14.0. The van der Waals surface area contributed by atoms with Crippen LogP contribution in [-0.2, 0) is 11.2 Å². The smallest absolute Gasteiger partial charge is 0.306 e. The van der Waals surface area contributed by atoms with Gasteiger partial charge in [0.25, 0.3) is 0 Å². The molecule has 0 aliphatic carbocycles. The first-order chi connectivity index (χ1) is 8.00. The van der Waals surface area contributed by atoms with Crippen molar-refractivity contribution in [1.29, 1.82) is 0 Å². The van der Waals surface area contributed by atoms with Gasteiger partial charge in [0.1, 0.15) is 0 Å². The zero-order chi connectivity index (χ0) is 12.8. The van der Waals surface area contributed by atoms with Gasteiger partial charge in [-0.1, -0.05) is 29.8 Å². The molecule has 0 bridgehead atoms. The maximum Gasteiger partial charge on any atom is 0.306 e. The summed E-state index contributed by atoms with van der Waals surface area (Å²) in [6.45, 7) is 1.66. The number of hydrogen-bond acceptors (Lipinski definition) is 2. The summed E-state index contributed by atoms with van der Waals surface area (Å²) in [5, 5.41) is 18.9. The van der Waals surface area contributed by atoms with Gasteiger partial charge in [-0.15, -0.1) is 0 Å². The van der Waals surface area contributed by atoms with Crippen LogP contribution in [0.25, 0.3) is 0 Å². The van der Waals surface area contributed by atoms with E-state index < -0.39 is 18.0 Å². The highest BCUT2D eigenvalue weighted by molar-refractivity contribution is 6.31. The maximum atomic E-state index is 11.1. The molecule has 4 heteroatoms. The fourth-order valence-electron chi connectivity index (χ4n) is 1.68. The molecule has 0 spiro atoms. The molecule has 0 heterocycles. The number of rotatable bonds is 6. The first-order valence-electron chi connectivity index (χ1n) is 5.65. The standard InChI is InChI=1S/C13H17ClO3/c1-9(15)6-7-11(13(16)17)8-10-4-2-3-5-12(10)14/h2-5,9,11,15H,6-8H2,1H3,(H,16,17). The molecular weight excluding hydrogens is 240 g/mol. The summed E-state index contributed by atoms with van der Waals surface area (Å²) in [5.41, 5.74) is 0.840. The molecule has 3 nitrogen and oxygen atoms in total. The van der Waals surface area contributed by atoms with Crippen molar-refractivity contribution in [3.05, 3.63) is 34.9 Å². The average Bonchev–Trinajstić information content (AvgIpc) is 2.25. The van der Waals surface area contributed by atoms with Crippen LogP contribution in [0.5, 0.6) is 0 Å². The highest BCUT2D eigenvalue weighted by atomic mass is 35.5. The Balaban J connectivity index is 2.67. The lowest BCUT2D eigenvalue weighted by molar-refractivity contribution is -0.142. The molecule has 0 aliphatic heterocycles. The topological polar surface area (TPSA) is 57.5 Å². The second-order valence-electron chi connectivity index (χ2n) is 4.26. The van der Waals surface area contributed by atoms with Gasteiger partial charge in [-0.2, -0.15) is 0 Å². The molecule has 0 aromatic heterocycles. The lowest BCUT2D eigenvalue weighted by Gasteiger charge is -2.14. The van der Waals surface area contributed by atoms with Crippen molar-refractivity contribution in [2.24, 2.45) is 5.92 Å². The molecule has 94 valence electrons. The minimum Gasteiger partial charge on any atom is -0.481 e. The lowest BCUT2D eigenvalue weighted by atomic mass is 9.94. The monoisotopic (exact) mass is 256 g/mol. The van der Waals surface area contributed by atoms with Gasteiger partial charge in [0, 0.05) is 5.02 Å². The van der Waals surface area contributed by atoms with Crippen LogP contribution in [0.4, 0.5) is 0 Å². The molecule has 2 unspecified atom stereocenters. The van der Waals surface area contributed by atoms with E-state index in [1.54, 1.807) is 13.0 Å². The van der Waals surface area contributed by atoms with E-state index in [2.05, 4.69) is 0 Å². The molecule has 1 aromatic rings. The number of aliphatic hydroxyl groups is 1. The Bertz CT molecular complexity index is 377. The second kappa shape index (κ2) is 6.62. The lowest BCUT2D eigenvalue weighted by Crippen LogP contribution is -2.18. The SMILES string of the molecule is CC(O)CCC(Cc1ccccc1Cl)C(=O)O. The van der Waals surface area contributed by atoms with Gasteiger partial charge in [0.2, 0.25) is 0 Å². The molecule has 0 radical (unpaired) electrons. The Morgan fingerprint density at radius 1 is 1.35 bits per heavy atom.